The van der Waals surface area contributed by atoms with Crippen molar-refractivity contribution in [3.8, 4) is 11.5 Å². The van der Waals surface area contributed by atoms with Crippen LogP contribution in [0.2, 0.25) is 0 Å². The summed E-state index contributed by atoms with van der Waals surface area (Å²) in [5.41, 5.74) is 3.94. The van der Waals surface area contributed by atoms with Gasteiger partial charge in [-0.25, -0.2) is 4.98 Å². The summed E-state index contributed by atoms with van der Waals surface area (Å²) in [6.45, 7) is 4.99. The van der Waals surface area contributed by atoms with Crippen LogP contribution in [0.15, 0.2) is 53.7 Å². The van der Waals surface area contributed by atoms with E-state index in [1.54, 1.807) is 6.20 Å². The first kappa shape index (κ1) is 17.7. The number of carbonyl (C=O) groups excluding carboxylic acids is 1. The molecular formula is C21H20N2O3S. The third kappa shape index (κ3) is 3.71. The molecule has 0 radical (unpaired) electrons. The molecule has 6 heteroatoms. The first-order valence-corrected chi connectivity index (χ1v) is 9.72. The van der Waals surface area contributed by atoms with Gasteiger partial charge in [0.1, 0.15) is 0 Å². The summed E-state index contributed by atoms with van der Waals surface area (Å²) in [7, 11) is 0. The van der Waals surface area contributed by atoms with Crippen LogP contribution in [0.3, 0.4) is 0 Å². The summed E-state index contributed by atoms with van der Waals surface area (Å²) in [5, 5.41) is 0.861. The average Bonchev–Trinajstić information content (AvgIpc) is 3.26. The third-order valence-electron chi connectivity index (χ3n) is 4.64. The quantitative estimate of drug-likeness (QED) is 0.473. The molecule has 0 aliphatic carbocycles. The summed E-state index contributed by atoms with van der Waals surface area (Å²) in [6.07, 6.45) is 1.74. The topological polar surface area (TPSA) is 53.4 Å². The highest BCUT2D eigenvalue weighted by Crippen LogP contribution is 2.33. The van der Waals surface area contributed by atoms with E-state index in [0.29, 0.717) is 12.3 Å². The Kier molecular flexibility index (Phi) is 4.90. The Bertz CT molecular complexity index is 983. The van der Waals surface area contributed by atoms with Gasteiger partial charge >= 0.3 is 0 Å². The summed E-state index contributed by atoms with van der Waals surface area (Å²) in [6, 6.07) is 13.7. The van der Waals surface area contributed by atoms with E-state index in [-0.39, 0.29) is 12.6 Å². The van der Waals surface area contributed by atoms with Crippen LogP contribution < -0.4 is 9.47 Å². The van der Waals surface area contributed by atoms with Gasteiger partial charge < -0.3 is 14.0 Å². The number of Topliss-reactive ketones (excluding diaryl/α,β-unsaturated/α-hetero) is 1. The smallest absolute Gasteiger partial charge is 0.231 e. The minimum absolute atomic E-state index is 0.121. The molecule has 1 aliphatic rings. The van der Waals surface area contributed by atoms with E-state index < -0.39 is 0 Å². The number of carbonyl (C=O) groups is 1. The Morgan fingerprint density at radius 3 is 2.81 bits per heavy atom. The minimum Gasteiger partial charge on any atom is -0.454 e. The van der Waals surface area contributed by atoms with Gasteiger partial charge in [-0.1, -0.05) is 23.9 Å². The molecule has 138 valence electrons. The molecule has 0 amide bonds. The first-order valence-electron chi connectivity index (χ1n) is 8.74. The van der Waals surface area contributed by atoms with Crippen molar-refractivity contribution in [3.05, 3.63) is 71.2 Å². The van der Waals surface area contributed by atoms with Crippen molar-refractivity contribution in [2.45, 2.75) is 25.4 Å². The maximum atomic E-state index is 12.7. The molecule has 0 saturated carbocycles. The van der Waals surface area contributed by atoms with Gasteiger partial charge in [0.2, 0.25) is 6.79 Å². The number of rotatable bonds is 6. The zero-order valence-corrected chi connectivity index (χ0v) is 16.1. The first-order chi connectivity index (χ1) is 13.1. The predicted octanol–water partition coefficient (Wildman–Crippen LogP) is 4.25. The van der Waals surface area contributed by atoms with E-state index in [1.165, 1.54) is 11.8 Å². The number of benzene rings is 1. The normalized spacial score (nSPS) is 12.4. The number of ether oxygens (including phenoxy) is 2. The van der Waals surface area contributed by atoms with Gasteiger partial charge in [0.15, 0.2) is 17.3 Å². The van der Waals surface area contributed by atoms with Crippen LogP contribution in [0.1, 0.15) is 27.3 Å². The number of hydrogen-bond donors (Lipinski definition) is 0. The zero-order chi connectivity index (χ0) is 18.8. The van der Waals surface area contributed by atoms with Gasteiger partial charge in [-0.05, 0) is 49.7 Å². The number of ketones is 1. The molecule has 0 saturated heterocycles. The number of pyridine rings is 1. The Labute approximate surface area is 162 Å². The SMILES string of the molecule is Cc1cc(C(=O)CSc2ccccn2)c(C)n1Cc1ccc2c(c1)OCO2. The van der Waals surface area contributed by atoms with Gasteiger partial charge in [0.25, 0.3) is 0 Å². The predicted molar refractivity (Wildman–Crippen MR) is 105 cm³/mol. The van der Waals surface area contributed by atoms with E-state index >= 15 is 0 Å². The highest BCUT2D eigenvalue weighted by atomic mass is 32.2. The number of fused-ring (bicyclic) bond motifs is 1. The van der Waals surface area contributed by atoms with Crippen molar-refractivity contribution in [1.29, 1.82) is 0 Å². The molecule has 3 aromatic rings. The molecule has 2 aromatic heterocycles. The van der Waals surface area contributed by atoms with Gasteiger partial charge in [-0.15, -0.1) is 0 Å². The summed E-state index contributed by atoms with van der Waals surface area (Å²) in [5.74, 6) is 2.06. The molecule has 0 unspecified atom stereocenters. The van der Waals surface area contributed by atoms with Crippen LogP contribution in [-0.2, 0) is 6.54 Å². The highest BCUT2D eigenvalue weighted by Gasteiger charge is 2.18. The number of aryl methyl sites for hydroxylation is 1. The van der Waals surface area contributed by atoms with E-state index in [0.717, 1.165) is 39.0 Å². The Hall–Kier alpha value is -2.73. The van der Waals surface area contributed by atoms with Crippen LogP contribution in [0.4, 0.5) is 0 Å². The molecule has 1 aromatic carbocycles. The van der Waals surface area contributed by atoms with Crippen molar-refractivity contribution >= 4 is 17.5 Å². The van der Waals surface area contributed by atoms with Crippen LogP contribution in [0.5, 0.6) is 11.5 Å². The number of thioether (sulfide) groups is 1. The molecule has 27 heavy (non-hydrogen) atoms. The fourth-order valence-electron chi connectivity index (χ4n) is 3.20. The number of aromatic nitrogens is 2. The average molecular weight is 380 g/mol. The Balaban J connectivity index is 1.50. The molecule has 5 nitrogen and oxygen atoms in total. The second-order valence-corrected chi connectivity index (χ2v) is 7.43. The minimum atomic E-state index is 0.121. The zero-order valence-electron chi connectivity index (χ0n) is 15.3. The summed E-state index contributed by atoms with van der Waals surface area (Å²) >= 11 is 1.46. The van der Waals surface area contributed by atoms with Crippen LogP contribution in [-0.4, -0.2) is 27.9 Å². The van der Waals surface area contributed by atoms with Crippen molar-refractivity contribution in [1.82, 2.24) is 9.55 Å². The molecular weight excluding hydrogens is 360 g/mol. The molecule has 0 spiro atoms. The van der Waals surface area contributed by atoms with Crippen LogP contribution in [0.25, 0.3) is 0 Å². The van der Waals surface area contributed by atoms with Crippen LogP contribution >= 0.6 is 11.8 Å². The second-order valence-electron chi connectivity index (χ2n) is 6.44. The van der Waals surface area contributed by atoms with Crippen molar-refractivity contribution in [2.24, 2.45) is 0 Å². The van der Waals surface area contributed by atoms with E-state index in [9.17, 15) is 4.79 Å². The second kappa shape index (κ2) is 7.48. The number of hydrogen-bond acceptors (Lipinski definition) is 5. The lowest BCUT2D eigenvalue weighted by molar-refractivity contribution is 0.102. The lowest BCUT2D eigenvalue weighted by atomic mass is 10.1. The lowest BCUT2D eigenvalue weighted by Gasteiger charge is -2.10. The maximum Gasteiger partial charge on any atom is 0.231 e. The van der Waals surface area contributed by atoms with Crippen molar-refractivity contribution < 1.29 is 14.3 Å². The van der Waals surface area contributed by atoms with Gasteiger partial charge in [0, 0.05) is 29.7 Å². The molecule has 1 aliphatic heterocycles. The summed E-state index contributed by atoms with van der Waals surface area (Å²) in [4.78, 5) is 17.0. The molecule has 3 heterocycles. The third-order valence-corrected chi connectivity index (χ3v) is 5.58. The van der Waals surface area contributed by atoms with Crippen LogP contribution in [0, 0.1) is 13.8 Å². The van der Waals surface area contributed by atoms with E-state index in [2.05, 4.69) is 9.55 Å². The van der Waals surface area contributed by atoms with Gasteiger partial charge in [-0.2, -0.15) is 0 Å². The molecule has 0 N–H and O–H groups in total. The fourth-order valence-corrected chi connectivity index (χ4v) is 3.94. The molecule has 0 atom stereocenters. The molecule has 0 fully saturated rings. The maximum absolute atomic E-state index is 12.7. The summed E-state index contributed by atoms with van der Waals surface area (Å²) < 4.78 is 13.0. The Morgan fingerprint density at radius 2 is 2.00 bits per heavy atom. The highest BCUT2D eigenvalue weighted by molar-refractivity contribution is 7.99. The molecule has 4 rings (SSSR count). The lowest BCUT2D eigenvalue weighted by Crippen LogP contribution is -2.07. The van der Waals surface area contributed by atoms with Gasteiger partial charge in [-0.3, -0.25) is 4.79 Å². The standard InChI is InChI=1S/C21H20N2O3S/c1-14-9-17(18(24)12-27-21-5-3-4-8-22-21)15(2)23(14)11-16-6-7-19-20(10-16)26-13-25-19/h3-10H,11-13H2,1-2H3. The van der Waals surface area contributed by atoms with E-state index in [1.807, 2.05) is 56.3 Å². The van der Waals surface area contributed by atoms with Crippen molar-refractivity contribution in [3.63, 3.8) is 0 Å². The molecule has 0 bridgehead atoms. The van der Waals surface area contributed by atoms with Gasteiger partial charge in [0.05, 0.1) is 10.8 Å². The largest absolute Gasteiger partial charge is 0.454 e. The monoisotopic (exact) mass is 380 g/mol. The fraction of sp³-hybridized carbons (Fsp3) is 0.238. The van der Waals surface area contributed by atoms with E-state index in [4.69, 9.17) is 9.47 Å². The Morgan fingerprint density at radius 1 is 1.15 bits per heavy atom. The number of nitrogens with zero attached hydrogens (tertiary/aromatic N) is 2. The van der Waals surface area contributed by atoms with Crippen molar-refractivity contribution in [2.75, 3.05) is 12.5 Å².